The van der Waals surface area contributed by atoms with Gasteiger partial charge in [-0.3, -0.25) is 4.99 Å². The zero-order valence-corrected chi connectivity index (χ0v) is 17.0. The Bertz CT molecular complexity index is 744. The molecule has 2 aromatic carbocycles. The summed E-state index contributed by atoms with van der Waals surface area (Å²) in [5, 5.41) is 3.44. The van der Waals surface area contributed by atoms with Gasteiger partial charge in [0.1, 0.15) is 23.4 Å². The minimum atomic E-state index is -0.247. The van der Waals surface area contributed by atoms with Gasteiger partial charge in [0.15, 0.2) is 5.96 Å². The largest absolute Gasteiger partial charge is 0.494 e. The monoisotopic (exact) mass is 399 g/mol. The number of hydrogen-bond donors (Lipinski definition) is 1. The Morgan fingerprint density at radius 1 is 1.03 bits per heavy atom. The molecule has 0 unspecified atom stereocenters. The first-order valence-corrected chi connectivity index (χ1v) is 10.3. The predicted molar refractivity (Wildman–Crippen MR) is 114 cm³/mol. The summed E-state index contributed by atoms with van der Waals surface area (Å²) >= 11 is 0. The molecule has 1 heterocycles. The van der Waals surface area contributed by atoms with Crippen LogP contribution in [0.5, 0.6) is 11.5 Å². The maximum atomic E-state index is 12.9. The van der Waals surface area contributed by atoms with Crippen LogP contribution < -0.4 is 14.8 Å². The van der Waals surface area contributed by atoms with E-state index < -0.39 is 0 Å². The highest BCUT2D eigenvalue weighted by Gasteiger charge is 2.22. The van der Waals surface area contributed by atoms with Crippen molar-refractivity contribution in [3.05, 3.63) is 60.4 Å². The zero-order chi connectivity index (χ0) is 20.3. The van der Waals surface area contributed by atoms with Crippen molar-refractivity contribution in [1.82, 2.24) is 10.2 Å². The Kier molecular flexibility index (Phi) is 8.16. The van der Waals surface area contributed by atoms with Crippen LogP contribution in [-0.4, -0.2) is 50.3 Å². The lowest BCUT2D eigenvalue weighted by Gasteiger charge is -2.34. The van der Waals surface area contributed by atoms with Crippen LogP contribution in [0.4, 0.5) is 4.39 Å². The molecule has 1 saturated heterocycles. The maximum absolute atomic E-state index is 12.9. The normalized spacial score (nSPS) is 15.2. The van der Waals surface area contributed by atoms with E-state index in [1.807, 2.05) is 37.4 Å². The van der Waals surface area contributed by atoms with Gasteiger partial charge in [0, 0.05) is 39.5 Å². The molecule has 0 bridgehead atoms. The van der Waals surface area contributed by atoms with Crippen LogP contribution in [0.3, 0.4) is 0 Å². The third kappa shape index (κ3) is 6.97. The molecular weight excluding hydrogens is 369 g/mol. The van der Waals surface area contributed by atoms with E-state index in [0.29, 0.717) is 12.4 Å². The molecule has 0 radical (unpaired) electrons. The highest BCUT2D eigenvalue weighted by atomic mass is 19.1. The summed E-state index contributed by atoms with van der Waals surface area (Å²) in [5.74, 6) is 2.35. The third-order valence-electron chi connectivity index (χ3n) is 4.94. The minimum Gasteiger partial charge on any atom is -0.494 e. The van der Waals surface area contributed by atoms with Gasteiger partial charge in [-0.1, -0.05) is 18.2 Å². The Hall–Kier alpha value is -2.76. The molecule has 0 aliphatic carbocycles. The first kappa shape index (κ1) is 21.0. The molecule has 1 fully saturated rings. The smallest absolute Gasteiger partial charge is 0.193 e. The quantitative estimate of drug-likeness (QED) is 0.412. The van der Waals surface area contributed by atoms with Crippen molar-refractivity contribution in [2.24, 2.45) is 4.99 Å². The second-order valence-corrected chi connectivity index (χ2v) is 7.10. The van der Waals surface area contributed by atoms with Gasteiger partial charge in [-0.05, 0) is 49.2 Å². The molecule has 5 nitrogen and oxygen atoms in total. The number of nitrogens with one attached hydrogen (secondary N) is 1. The number of benzene rings is 2. The lowest BCUT2D eigenvalue weighted by Crippen LogP contribution is -2.47. The number of rotatable bonds is 8. The van der Waals surface area contributed by atoms with Gasteiger partial charge in [-0.25, -0.2) is 4.39 Å². The van der Waals surface area contributed by atoms with Crippen molar-refractivity contribution in [3.63, 3.8) is 0 Å². The fraction of sp³-hybridized carbons (Fsp3) is 0.435. The van der Waals surface area contributed by atoms with E-state index in [1.54, 1.807) is 12.1 Å². The lowest BCUT2D eigenvalue weighted by molar-refractivity contribution is 0.129. The third-order valence-corrected chi connectivity index (χ3v) is 4.94. The van der Waals surface area contributed by atoms with Crippen LogP contribution in [0.25, 0.3) is 0 Å². The van der Waals surface area contributed by atoms with Crippen LogP contribution in [-0.2, 0) is 0 Å². The molecule has 29 heavy (non-hydrogen) atoms. The van der Waals surface area contributed by atoms with E-state index in [2.05, 4.69) is 15.2 Å². The molecule has 0 amide bonds. The van der Waals surface area contributed by atoms with E-state index >= 15 is 0 Å². The average Bonchev–Trinajstić information content (AvgIpc) is 2.76. The van der Waals surface area contributed by atoms with Crippen LogP contribution in [0.2, 0.25) is 0 Å². The summed E-state index contributed by atoms with van der Waals surface area (Å²) in [6, 6.07) is 16.1. The molecule has 6 heteroatoms. The molecule has 0 spiro atoms. The SMILES string of the molecule is CN=C(NCCCCOc1ccc(F)cc1)N1CCC(Oc2ccccc2)CC1. The molecule has 0 saturated carbocycles. The first-order chi connectivity index (χ1) is 14.2. The molecule has 3 rings (SSSR count). The van der Waals surface area contributed by atoms with Crippen LogP contribution in [0.15, 0.2) is 59.6 Å². The summed E-state index contributed by atoms with van der Waals surface area (Å²) in [6.45, 7) is 3.34. The summed E-state index contributed by atoms with van der Waals surface area (Å²) in [7, 11) is 1.83. The Labute approximate surface area is 172 Å². The Morgan fingerprint density at radius 3 is 2.45 bits per heavy atom. The van der Waals surface area contributed by atoms with E-state index in [9.17, 15) is 4.39 Å². The van der Waals surface area contributed by atoms with Crippen molar-refractivity contribution < 1.29 is 13.9 Å². The number of piperidine rings is 1. The number of para-hydroxylation sites is 1. The number of ether oxygens (including phenoxy) is 2. The number of halogens is 1. The minimum absolute atomic E-state index is 0.247. The highest BCUT2D eigenvalue weighted by Crippen LogP contribution is 2.18. The van der Waals surface area contributed by atoms with Gasteiger partial charge in [0.25, 0.3) is 0 Å². The summed E-state index contributed by atoms with van der Waals surface area (Å²) in [5.41, 5.74) is 0. The number of guanidine groups is 1. The van der Waals surface area contributed by atoms with E-state index in [1.165, 1.54) is 12.1 Å². The molecule has 1 aliphatic rings. The van der Waals surface area contributed by atoms with Gasteiger partial charge >= 0.3 is 0 Å². The van der Waals surface area contributed by atoms with Crippen molar-refractivity contribution in [2.75, 3.05) is 33.3 Å². The molecule has 0 aromatic heterocycles. The van der Waals surface area contributed by atoms with Gasteiger partial charge in [-0.2, -0.15) is 0 Å². The fourth-order valence-corrected chi connectivity index (χ4v) is 3.36. The van der Waals surface area contributed by atoms with Crippen LogP contribution in [0.1, 0.15) is 25.7 Å². The molecule has 1 aliphatic heterocycles. The summed E-state index contributed by atoms with van der Waals surface area (Å²) in [6.07, 6.45) is 4.14. The highest BCUT2D eigenvalue weighted by molar-refractivity contribution is 5.79. The second kappa shape index (κ2) is 11.3. The Balaban J connectivity index is 1.30. The summed E-state index contributed by atoms with van der Waals surface area (Å²) < 4.78 is 24.6. The number of aliphatic imine (C=N–C) groups is 1. The van der Waals surface area contributed by atoms with E-state index in [4.69, 9.17) is 9.47 Å². The van der Waals surface area contributed by atoms with Gasteiger partial charge in [0.05, 0.1) is 6.61 Å². The summed E-state index contributed by atoms with van der Waals surface area (Å²) in [4.78, 5) is 6.71. The predicted octanol–water partition coefficient (Wildman–Crippen LogP) is 4.10. The van der Waals surface area contributed by atoms with Gasteiger partial charge in [-0.15, -0.1) is 0 Å². The average molecular weight is 400 g/mol. The van der Waals surface area contributed by atoms with Crippen molar-refractivity contribution in [2.45, 2.75) is 31.8 Å². The number of unbranched alkanes of at least 4 members (excludes halogenated alkanes) is 1. The van der Waals surface area contributed by atoms with Gasteiger partial charge < -0.3 is 19.7 Å². The lowest BCUT2D eigenvalue weighted by atomic mass is 10.1. The van der Waals surface area contributed by atoms with E-state index in [-0.39, 0.29) is 11.9 Å². The standard InChI is InChI=1S/C23H30FN3O2/c1-25-23(26-15-5-6-18-28-20-11-9-19(24)10-12-20)27-16-13-22(14-17-27)29-21-7-3-2-4-8-21/h2-4,7-12,22H,5-6,13-18H2,1H3,(H,25,26). The maximum Gasteiger partial charge on any atom is 0.193 e. The molecular formula is C23H30FN3O2. The van der Waals surface area contributed by atoms with Crippen molar-refractivity contribution in [1.29, 1.82) is 0 Å². The molecule has 2 aromatic rings. The van der Waals surface area contributed by atoms with Crippen LogP contribution >= 0.6 is 0 Å². The van der Waals surface area contributed by atoms with Crippen molar-refractivity contribution in [3.8, 4) is 11.5 Å². The van der Waals surface area contributed by atoms with Gasteiger partial charge in [0.2, 0.25) is 0 Å². The number of likely N-dealkylation sites (tertiary alicyclic amines) is 1. The van der Waals surface area contributed by atoms with Crippen molar-refractivity contribution >= 4 is 5.96 Å². The Morgan fingerprint density at radius 2 is 1.76 bits per heavy atom. The second-order valence-electron chi connectivity index (χ2n) is 7.10. The van der Waals surface area contributed by atoms with E-state index in [0.717, 1.165) is 57.0 Å². The topological polar surface area (TPSA) is 46.1 Å². The molecule has 1 N–H and O–H groups in total. The molecule has 156 valence electrons. The zero-order valence-electron chi connectivity index (χ0n) is 17.0. The number of hydrogen-bond acceptors (Lipinski definition) is 3. The van der Waals surface area contributed by atoms with Crippen LogP contribution in [0, 0.1) is 5.82 Å². The first-order valence-electron chi connectivity index (χ1n) is 10.3. The molecule has 0 atom stereocenters. The fourth-order valence-electron chi connectivity index (χ4n) is 3.36. The number of nitrogens with zero attached hydrogens (tertiary/aromatic N) is 2.